The van der Waals surface area contributed by atoms with Crippen LogP contribution in [0.4, 0.5) is 0 Å². The predicted molar refractivity (Wildman–Crippen MR) is 162 cm³/mol. The Morgan fingerprint density at radius 3 is 1.51 bits per heavy atom. The highest BCUT2D eigenvalue weighted by atomic mass is 16.3. The van der Waals surface area contributed by atoms with Crippen LogP contribution in [0.2, 0.25) is 0 Å². The Bertz CT molecular complexity index is 2370. The first kappa shape index (κ1) is 20.7. The second-order valence-electron chi connectivity index (χ2n) is 10.1. The minimum absolute atomic E-state index is 0.905. The standard InChI is InChI=1S/C36H22N2O/c1-3-13-23(14-4-1)37-28-20-10-7-17-25(28)31-32-27-19-9-12-22-30(27)39-36(32)35-33(34(31)37)26-18-8-11-21-29(26)38(35)24-15-5-2-6-16-24/h1-22H. The average Bonchev–Trinajstić information content (AvgIpc) is 3.66. The van der Waals surface area contributed by atoms with Crippen LogP contribution in [0.3, 0.4) is 0 Å². The van der Waals surface area contributed by atoms with Gasteiger partial charge in [0.1, 0.15) is 5.58 Å². The molecule has 9 rings (SSSR count). The zero-order chi connectivity index (χ0) is 25.5. The molecule has 0 saturated carbocycles. The number of hydrogen-bond donors (Lipinski definition) is 0. The van der Waals surface area contributed by atoms with Crippen LogP contribution in [0.5, 0.6) is 0 Å². The summed E-state index contributed by atoms with van der Waals surface area (Å²) in [6, 6.07) is 47.3. The molecule has 0 saturated heterocycles. The van der Waals surface area contributed by atoms with Crippen molar-refractivity contribution in [2.45, 2.75) is 0 Å². The van der Waals surface area contributed by atoms with Crippen molar-refractivity contribution in [3.8, 4) is 11.4 Å². The summed E-state index contributed by atoms with van der Waals surface area (Å²) in [4.78, 5) is 0. The molecule has 3 nitrogen and oxygen atoms in total. The lowest BCUT2D eigenvalue weighted by atomic mass is 10.0. The van der Waals surface area contributed by atoms with E-state index in [2.05, 4.69) is 143 Å². The van der Waals surface area contributed by atoms with Crippen LogP contribution in [-0.2, 0) is 0 Å². The van der Waals surface area contributed by atoms with E-state index in [-0.39, 0.29) is 0 Å². The minimum atomic E-state index is 0.905. The molecule has 3 heteroatoms. The van der Waals surface area contributed by atoms with Gasteiger partial charge in [-0.1, -0.05) is 91.0 Å². The van der Waals surface area contributed by atoms with Gasteiger partial charge in [-0.3, -0.25) is 0 Å². The third-order valence-corrected chi connectivity index (χ3v) is 8.08. The van der Waals surface area contributed by atoms with E-state index in [4.69, 9.17) is 4.42 Å². The van der Waals surface area contributed by atoms with Crippen molar-refractivity contribution in [2.24, 2.45) is 0 Å². The molecule has 0 aliphatic rings. The SMILES string of the molecule is c1ccc(-n2c3ccccc3c3c2c2oc4ccccc4c2c2c4ccccc4n(-c4ccccc4)c23)cc1. The maximum absolute atomic E-state index is 6.80. The van der Waals surface area contributed by atoms with E-state index < -0.39 is 0 Å². The molecule has 0 atom stereocenters. The molecule has 0 amide bonds. The summed E-state index contributed by atoms with van der Waals surface area (Å²) in [7, 11) is 0. The highest BCUT2D eigenvalue weighted by Gasteiger charge is 2.27. The second kappa shape index (κ2) is 7.62. The largest absolute Gasteiger partial charge is 0.454 e. The van der Waals surface area contributed by atoms with Crippen LogP contribution in [0.25, 0.3) is 76.9 Å². The Hall–Kier alpha value is -5.28. The number of hydrogen-bond acceptors (Lipinski definition) is 1. The minimum Gasteiger partial charge on any atom is -0.454 e. The van der Waals surface area contributed by atoms with Gasteiger partial charge >= 0.3 is 0 Å². The van der Waals surface area contributed by atoms with Crippen LogP contribution in [0.15, 0.2) is 138 Å². The first-order valence-electron chi connectivity index (χ1n) is 13.3. The molecule has 0 radical (unpaired) electrons. The smallest absolute Gasteiger partial charge is 0.160 e. The van der Waals surface area contributed by atoms with E-state index in [1.807, 2.05) is 0 Å². The highest BCUT2D eigenvalue weighted by molar-refractivity contribution is 6.39. The van der Waals surface area contributed by atoms with Gasteiger partial charge in [-0.2, -0.15) is 0 Å². The molecular weight excluding hydrogens is 476 g/mol. The monoisotopic (exact) mass is 498 g/mol. The van der Waals surface area contributed by atoms with Crippen molar-refractivity contribution < 1.29 is 4.42 Å². The van der Waals surface area contributed by atoms with Crippen molar-refractivity contribution in [3.05, 3.63) is 133 Å². The highest BCUT2D eigenvalue weighted by Crippen LogP contribution is 2.49. The van der Waals surface area contributed by atoms with Crippen molar-refractivity contribution >= 4 is 65.6 Å². The van der Waals surface area contributed by atoms with Crippen LogP contribution in [0, 0.1) is 0 Å². The van der Waals surface area contributed by atoms with Gasteiger partial charge in [0.2, 0.25) is 0 Å². The van der Waals surface area contributed by atoms with Gasteiger partial charge < -0.3 is 13.6 Å². The summed E-state index contributed by atoms with van der Waals surface area (Å²) in [5.41, 5.74) is 8.76. The summed E-state index contributed by atoms with van der Waals surface area (Å²) in [5.74, 6) is 0. The zero-order valence-corrected chi connectivity index (χ0v) is 21.0. The lowest BCUT2D eigenvalue weighted by Crippen LogP contribution is -1.95. The lowest BCUT2D eigenvalue weighted by molar-refractivity contribution is 0.671. The normalized spacial score (nSPS) is 12.1. The number of rotatable bonds is 2. The lowest BCUT2D eigenvalue weighted by Gasteiger charge is -2.10. The van der Waals surface area contributed by atoms with Crippen molar-refractivity contribution in [1.29, 1.82) is 0 Å². The molecule has 0 fully saturated rings. The van der Waals surface area contributed by atoms with Crippen molar-refractivity contribution in [1.82, 2.24) is 9.13 Å². The summed E-state index contributed by atoms with van der Waals surface area (Å²) in [6.07, 6.45) is 0. The number of aromatic nitrogens is 2. The first-order chi connectivity index (χ1) is 19.4. The molecule has 0 unspecified atom stereocenters. The molecular formula is C36H22N2O. The van der Waals surface area contributed by atoms with Gasteiger partial charge in [0.15, 0.2) is 5.58 Å². The molecule has 6 aromatic carbocycles. The number of benzene rings is 6. The van der Waals surface area contributed by atoms with Gasteiger partial charge in [0.05, 0.1) is 22.1 Å². The molecule has 9 aromatic rings. The summed E-state index contributed by atoms with van der Waals surface area (Å²) in [6.45, 7) is 0. The molecule has 182 valence electrons. The summed E-state index contributed by atoms with van der Waals surface area (Å²) < 4.78 is 11.6. The molecule has 3 aromatic heterocycles. The number of para-hydroxylation sites is 5. The fourth-order valence-electron chi connectivity index (χ4n) is 6.58. The average molecular weight is 499 g/mol. The van der Waals surface area contributed by atoms with Gasteiger partial charge in [0.25, 0.3) is 0 Å². The Labute approximate surface area is 223 Å². The number of fused-ring (bicyclic) bond motifs is 12. The van der Waals surface area contributed by atoms with E-state index in [0.717, 1.165) is 39.0 Å². The summed E-state index contributed by atoms with van der Waals surface area (Å²) in [5, 5.41) is 7.18. The summed E-state index contributed by atoms with van der Waals surface area (Å²) >= 11 is 0. The number of furan rings is 1. The molecule has 39 heavy (non-hydrogen) atoms. The molecule has 3 heterocycles. The van der Waals surface area contributed by atoms with E-state index in [9.17, 15) is 0 Å². The molecule has 0 aliphatic heterocycles. The molecule has 0 N–H and O–H groups in total. The van der Waals surface area contributed by atoms with Crippen LogP contribution >= 0.6 is 0 Å². The van der Waals surface area contributed by atoms with Crippen LogP contribution < -0.4 is 0 Å². The third-order valence-electron chi connectivity index (χ3n) is 8.08. The van der Waals surface area contributed by atoms with Crippen LogP contribution in [-0.4, -0.2) is 9.13 Å². The van der Waals surface area contributed by atoms with Crippen LogP contribution in [0.1, 0.15) is 0 Å². The Balaban J connectivity index is 1.70. The third kappa shape index (κ3) is 2.66. The molecule has 0 aliphatic carbocycles. The molecule has 0 spiro atoms. The van der Waals surface area contributed by atoms with Gasteiger partial charge in [0, 0.05) is 43.7 Å². The number of nitrogens with zero attached hydrogens (tertiary/aromatic N) is 2. The Morgan fingerprint density at radius 2 is 0.872 bits per heavy atom. The second-order valence-corrected chi connectivity index (χ2v) is 10.1. The first-order valence-corrected chi connectivity index (χ1v) is 13.3. The Kier molecular flexibility index (Phi) is 4.05. The maximum Gasteiger partial charge on any atom is 0.160 e. The van der Waals surface area contributed by atoms with E-state index in [1.165, 1.54) is 38.0 Å². The van der Waals surface area contributed by atoms with E-state index >= 15 is 0 Å². The maximum atomic E-state index is 6.80. The van der Waals surface area contributed by atoms with Crippen molar-refractivity contribution in [2.75, 3.05) is 0 Å². The molecule has 0 bridgehead atoms. The zero-order valence-electron chi connectivity index (χ0n) is 21.0. The fourth-order valence-corrected chi connectivity index (χ4v) is 6.58. The van der Waals surface area contributed by atoms with E-state index in [1.54, 1.807) is 0 Å². The topological polar surface area (TPSA) is 23.0 Å². The Morgan fingerprint density at radius 1 is 0.385 bits per heavy atom. The van der Waals surface area contributed by atoms with Gasteiger partial charge in [-0.25, -0.2) is 0 Å². The fraction of sp³-hybridized carbons (Fsp3) is 0. The van der Waals surface area contributed by atoms with Crippen molar-refractivity contribution in [3.63, 3.8) is 0 Å². The van der Waals surface area contributed by atoms with E-state index in [0.29, 0.717) is 0 Å². The van der Waals surface area contributed by atoms with Gasteiger partial charge in [-0.15, -0.1) is 0 Å². The van der Waals surface area contributed by atoms with Gasteiger partial charge in [-0.05, 0) is 42.5 Å². The quantitative estimate of drug-likeness (QED) is 0.233. The predicted octanol–water partition coefficient (Wildman–Crippen LogP) is 9.78.